The molecule has 1 saturated carbocycles. The normalized spacial score (nSPS) is 16.6. The Morgan fingerprint density at radius 3 is 2.33 bits per heavy atom. The monoisotopic (exact) mass is 255 g/mol. The number of hydrogen-bond acceptors (Lipinski definition) is 2. The van der Waals surface area contributed by atoms with Gasteiger partial charge in [0.1, 0.15) is 0 Å². The van der Waals surface area contributed by atoms with Crippen molar-refractivity contribution in [3.05, 3.63) is 0 Å². The molecule has 0 radical (unpaired) electrons. The first-order valence-electron chi connectivity index (χ1n) is 6.71. The van der Waals surface area contributed by atoms with Crippen LogP contribution in [-0.4, -0.2) is 44.0 Å². The second-order valence-electron chi connectivity index (χ2n) is 5.43. The maximum absolute atomic E-state index is 11.6. The molecule has 0 aromatic rings. The van der Waals surface area contributed by atoms with Crippen LogP contribution in [0.2, 0.25) is 0 Å². The number of carbonyl (C=O) groups excluding carboxylic acids is 2. The van der Waals surface area contributed by atoms with Crippen molar-refractivity contribution in [3.8, 4) is 0 Å². The summed E-state index contributed by atoms with van der Waals surface area (Å²) >= 11 is 0. The van der Waals surface area contributed by atoms with Crippen molar-refractivity contribution in [3.63, 3.8) is 0 Å². The van der Waals surface area contributed by atoms with Crippen LogP contribution in [-0.2, 0) is 4.79 Å². The molecule has 2 N–H and O–H groups in total. The lowest BCUT2D eigenvalue weighted by atomic mass is 9.66. The van der Waals surface area contributed by atoms with Crippen LogP contribution in [0.4, 0.5) is 4.79 Å². The predicted octanol–water partition coefficient (Wildman–Crippen LogP) is 1.34. The number of rotatable bonds is 6. The van der Waals surface area contributed by atoms with Crippen molar-refractivity contribution < 1.29 is 9.59 Å². The van der Waals surface area contributed by atoms with E-state index >= 15 is 0 Å². The standard InChI is InChI=1S/C13H25N3O2/c1-4-6-13(7-5-8-13)10-15-12(18)14-9-11(17)16(2)3/h4-10H2,1-3H3,(H2,14,15,18). The minimum atomic E-state index is -0.243. The van der Waals surface area contributed by atoms with Crippen LogP contribution in [0.25, 0.3) is 0 Å². The van der Waals surface area contributed by atoms with E-state index in [2.05, 4.69) is 17.6 Å². The minimum absolute atomic E-state index is 0.0552. The maximum atomic E-state index is 11.6. The highest BCUT2D eigenvalue weighted by Gasteiger charge is 2.35. The molecule has 0 aromatic carbocycles. The highest BCUT2D eigenvalue weighted by Crippen LogP contribution is 2.44. The highest BCUT2D eigenvalue weighted by molar-refractivity contribution is 5.83. The number of nitrogens with one attached hydrogen (secondary N) is 2. The van der Waals surface area contributed by atoms with Gasteiger partial charge < -0.3 is 15.5 Å². The Kier molecular flexibility index (Phi) is 5.44. The van der Waals surface area contributed by atoms with Gasteiger partial charge >= 0.3 is 6.03 Å². The third kappa shape index (κ3) is 4.20. The summed E-state index contributed by atoms with van der Waals surface area (Å²) in [5.74, 6) is -0.0999. The summed E-state index contributed by atoms with van der Waals surface area (Å²) in [5.41, 5.74) is 0.317. The second-order valence-corrected chi connectivity index (χ2v) is 5.43. The topological polar surface area (TPSA) is 61.4 Å². The molecule has 0 atom stereocenters. The van der Waals surface area contributed by atoms with Crippen molar-refractivity contribution in [2.75, 3.05) is 27.2 Å². The van der Waals surface area contributed by atoms with Crippen LogP contribution >= 0.6 is 0 Å². The first kappa shape index (κ1) is 14.8. The van der Waals surface area contributed by atoms with Crippen molar-refractivity contribution in [1.82, 2.24) is 15.5 Å². The number of carbonyl (C=O) groups is 2. The van der Waals surface area contributed by atoms with E-state index in [4.69, 9.17) is 0 Å². The Morgan fingerprint density at radius 2 is 1.89 bits per heavy atom. The molecule has 3 amide bonds. The number of urea groups is 1. The van der Waals surface area contributed by atoms with E-state index in [1.807, 2.05) is 0 Å². The number of likely N-dealkylation sites (N-methyl/N-ethyl adjacent to an activating group) is 1. The van der Waals surface area contributed by atoms with E-state index in [9.17, 15) is 9.59 Å². The third-order valence-electron chi connectivity index (χ3n) is 3.72. The molecular weight excluding hydrogens is 230 g/mol. The van der Waals surface area contributed by atoms with Crippen LogP contribution < -0.4 is 10.6 Å². The summed E-state index contributed by atoms with van der Waals surface area (Å²) in [6, 6.07) is -0.243. The van der Waals surface area contributed by atoms with Crippen molar-refractivity contribution >= 4 is 11.9 Å². The molecule has 1 aliphatic rings. The zero-order chi connectivity index (χ0) is 13.6. The highest BCUT2D eigenvalue weighted by atomic mass is 16.2. The fraction of sp³-hybridized carbons (Fsp3) is 0.846. The van der Waals surface area contributed by atoms with E-state index in [0.717, 1.165) is 13.0 Å². The molecule has 0 aliphatic heterocycles. The van der Waals surface area contributed by atoms with Crippen molar-refractivity contribution in [2.45, 2.75) is 39.0 Å². The third-order valence-corrected chi connectivity index (χ3v) is 3.72. The average Bonchev–Trinajstić information content (AvgIpc) is 2.29. The Balaban J connectivity index is 2.22. The van der Waals surface area contributed by atoms with Gasteiger partial charge in [0, 0.05) is 20.6 Å². The molecule has 1 aliphatic carbocycles. The SMILES string of the molecule is CCCC1(CNC(=O)NCC(=O)N(C)C)CCC1. The minimum Gasteiger partial charge on any atom is -0.347 e. The van der Waals surface area contributed by atoms with Gasteiger partial charge in [-0.05, 0) is 24.7 Å². The summed E-state index contributed by atoms with van der Waals surface area (Å²) in [5, 5.41) is 5.47. The Bertz CT molecular complexity index is 299. The van der Waals surface area contributed by atoms with E-state index in [1.54, 1.807) is 14.1 Å². The molecule has 1 fully saturated rings. The largest absolute Gasteiger partial charge is 0.347 e. The summed E-state index contributed by atoms with van der Waals surface area (Å²) in [4.78, 5) is 24.3. The number of nitrogens with zero attached hydrogens (tertiary/aromatic N) is 1. The molecule has 18 heavy (non-hydrogen) atoms. The summed E-state index contributed by atoms with van der Waals surface area (Å²) in [6.07, 6.45) is 6.00. The van der Waals surface area contributed by atoms with E-state index in [-0.39, 0.29) is 18.5 Å². The van der Waals surface area contributed by atoms with Crippen LogP contribution in [0.3, 0.4) is 0 Å². The van der Waals surface area contributed by atoms with Gasteiger partial charge in [-0.25, -0.2) is 4.79 Å². The van der Waals surface area contributed by atoms with Gasteiger partial charge in [0.25, 0.3) is 0 Å². The first-order valence-corrected chi connectivity index (χ1v) is 6.71. The van der Waals surface area contributed by atoms with Gasteiger partial charge in [0.15, 0.2) is 0 Å². The molecule has 0 unspecified atom stereocenters. The lowest BCUT2D eigenvalue weighted by Gasteiger charge is -2.42. The van der Waals surface area contributed by atoms with Gasteiger partial charge in [0.2, 0.25) is 5.91 Å². The summed E-state index contributed by atoms with van der Waals surface area (Å²) in [6.45, 7) is 2.96. The van der Waals surface area contributed by atoms with Crippen molar-refractivity contribution in [1.29, 1.82) is 0 Å². The van der Waals surface area contributed by atoms with Gasteiger partial charge in [-0.3, -0.25) is 4.79 Å². The second kappa shape index (κ2) is 6.61. The molecule has 0 bridgehead atoms. The number of amides is 3. The van der Waals surface area contributed by atoms with Crippen LogP contribution in [0.15, 0.2) is 0 Å². The molecule has 0 saturated heterocycles. The van der Waals surface area contributed by atoms with Crippen LogP contribution in [0.1, 0.15) is 39.0 Å². The Labute approximate surface area is 109 Å². The molecule has 5 heteroatoms. The first-order chi connectivity index (χ1) is 8.49. The van der Waals surface area contributed by atoms with Gasteiger partial charge in [-0.1, -0.05) is 19.8 Å². The molecule has 0 aromatic heterocycles. The Hall–Kier alpha value is -1.26. The smallest absolute Gasteiger partial charge is 0.315 e. The van der Waals surface area contributed by atoms with E-state index < -0.39 is 0 Å². The molecule has 0 heterocycles. The molecule has 0 spiro atoms. The van der Waals surface area contributed by atoms with E-state index in [0.29, 0.717) is 5.41 Å². The fourth-order valence-electron chi connectivity index (χ4n) is 2.37. The zero-order valence-electron chi connectivity index (χ0n) is 11.7. The van der Waals surface area contributed by atoms with Crippen LogP contribution in [0.5, 0.6) is 0 Å². The van der Waals surface area contributed by atoms with E-state index in [1.165, 1.54) is 30.6 Å². The van der Waals surface area contributed by atoms with Crippen LogP contribution in [0, 0.1) is 5.41 Å². The summed E-state index contributed by atoms with van der Waals surface area (Å²) in [7, 11) is 3.35. The summed E-state index contributed by atoms with van der Waals surface area (Å²) < 4.78 is 0. The molecule has 1 rings (SSSR count). The Morgan fingerprint density at radius 1 is 1.22 bits per heavy atom. The van der Waals surface area contributed by atoms with Gasteiger partial charge in [0.05, 0.1) is 6.54 Å². The number of hydrogen-bond donors (Lipinski definition) is 2. The lowest BCUT2D eigenvalue weighted by molar-refractivity contribution is -0.127. The quantitative estimate of drug-likeness (QED) is 0.752. The predicted molar refractivity (Wildman–Crippen MR) is 71.3 cm³/mol. The van der Waals surface area contributed by atoms with Gasteiger partial charge in [-0.2, -0.15) is 0 Å². The maximum Gasteiger partial charge on any atom is 0.315 e. The molecule has 104 valence electrons. The zero-order valence-corrected chi connectivity index (χ0v) is 11.7. The average molecular weight is 255 g/mol. The van der Waals surface area contributed by atoms with Crippen molar-refractivity contribution in [2.24, 2.45) is 5.41 Å². The molecule has 5 nitrogen and oxygen atoms in total. The lowest BCUT2D eigenvalue weighted by Crippen LogP contribution is -2.47. The molecular formula is C13H25N3O2. The fourth-order valence-corrected chi connectivity index (χ4v) is 2.37. The van der Waals surface area contributed by atoms with Gasteiger partial charge in [-0.15, -0.1) is 0 Å².